The van der Waals surface area contributed by atoms with Gasteiger partial charge in [0.1, 0.15) is 5.82 Å². The Morgan fingerprint density at radius 3 is 3.00 bits per heavy atom. The van der Waals surface area contributed by atoms with Crippen molar-refractivity contribution in [3.63, 3.8) is 0 Å². The molecular formula is C16H17N5O. The van der Waals surface area contributed by atoms with E-state index >= 15 is 0 Å². The molecule has 3 heterocycles. The number of amides is 1. The monoisotopic (exact) mass is 295 g/mol. The molecule has 1 atom stereocenters. The van der Waals surface area contributed by atoms with Crippen molar-refractivity contribution in [2.24, 2.45) is 0 Å². The van der Waals surface area contributed by atoms with E-state index in [4.69, 9.17) is 9.97 Å². The maximum absolute atomic E-state index is 11.4. The van der Waals surface area contributed by atoms with Crippen LogP contribution < -0.4 is 10.6 Å². The number of carbonyl (C=O) groups excluding carboxylic acids is 1. The lowest BCUT2D eigenvalue weighted by atomic mass is 10.2. The second-order valence-electron chi connectivity index (χ2n) is 5.77. The van der Waals surface area contributed by atoms with Gasteiger partial charge in [0.05, 0.1) is 6.04 Å². The SMILES string of the molecule is O=C1CC(Nc2nc(-c3cccnc3)nc3c2CCC3)CN1. The van der Waals surface area contributed by atoms with Crippen LogP contribution >= 0.6 is 0 Å². The highest BCUT2D eigenvalue weighted by Gasteiger charge is 2.25. The van der Waals surface area contributed by atoms with Gasteiger partial charge in [0.25, 0.3) is 0 Å². The summed E-state index contributed by atoms with van der Waals surface area (Å²) in [5, 5.41) is 6.28. The molecule has 6 heteroatoms. The molecule has 1 unspecified atom stereocenters. The fourth-order valence-corrected chi connectivity index (χ4v) is 3.08. The Morgan fingerprint density at radius 2 is 2.23 bits per heavy atom. The molecule has 2 aromatic heterocycles. The zero-order valence-electron chi connectivity index (χ0n) is 12.2. The standard InChI is InChI=1S/C16H17N5O/c22-14-7-11(9-18-14)19-16-12-4-1-5-13(12)20-15(21-16)10-3-2-6-17-8-10/h2-3,6,8,11H,1,4-5,7,9H2,(H,18,22)(H,19,20,21). The van der Waals surface area contributed by atoms with Gasteiger partial charge in [-0.2, -0.15) is 0 Å². The molecule has 112 valence electrons. The Balaban J connectivity index is 1.70. The van der Waals surface area contributed by atoms with E-state index in [0.29, 0.717) is 18.8 Å². The van der Waals surface area contributed by atoms with Crippen LogP contribution in [-0.4, -0.2) is 33.4 Å². The van der Waals surface area contributed by atoms with Crippen molar-refractivity contribution in [3.8, 4) is 11.4 Å². The van der Waals surface area contributed by atoms with Crippen molar-refractivity contribution in [1.29, 1.82) is 0 Å². The van der Waals surface area contributed by atoms with Crippen LogP contribution in [0.4, 0.5) is 5.82 Å². The van der Waals surface area contributed by atoms with Crippen LogP contribution in [0.3, 0.4) is 0 Å². The minimum absolute atomic E-state index is 0.0932. The molecule has 4 rings (SSSR count). The second kappa shape index (κ2) is 5.36. The average Bonchev–Trinajstić information content (AvgIpc) is 3.17. The van der Waals surface area contributed by atoms with Crippen LogP contribution in [0, 0.1) is 0 Å². The lowest BCUT2D eigenvalue weighted by Crippen LogP contribution is -2.24. The molecule has 1 aliphatic carbocycles. The number of aromatic nitrogens is 3. The molecule has 0 aromatic carbocycles. The predicted octanol–water partition coefficient (Wildman–Crippen LogP) is 1.33. The number of aryl methyl sites for hydroxylation is 1. The van der Waals surface area contributed by atoms with Gasteiger partial charge in [-0.15, -0.1) is 0 Å². The Bertz CT molecular complexity index is 716. The Hall–Kier alpha value is -2.50. The highest BCUT2D eigenvalue weighted by molar-refractivity contribution is 5.79. The van der Waals surface area contributed by atoms with Crippen molar-refractivity contribution in [3.05, 3.63) is 35.8 Å². The summed E-state index contributed by atoms with van der Waals surface area (Å²) in [7, 11) is 0. The van der Waals surface area contributed by atoms with E-state index in [1.807, 2.05) is 12.1 Å². The summed E-state index contributed by atoms with van der Waals surface area (Å²) in [6.45, 7) is 0.653. The van der Waals surface area contributed by atoms with E-state index in [-0.39, 0.29) is 11.9 Å². The number of rotatable bonds is 3. The zero-order chi connectivity index (χ0) is 14.9. The minimum atomic E-state index is 0.0932. The lowest BCUT2D eigenvalue weighted by molar-refractivity contribution is -0.119. The summed E-state index contributed by atoms with van der Waals surface area (Å²) in [4.78, 5) is 24.9. The first kappa shape index (κ1) is 13.2. The number of hydrogen-bond acceptors (Lipinski definition) is 5. The summed E-state index contributed by atoms with van der Waals surface area (Å²) in [5.41, 5.74) is 3.24. The van der Waals surface area contributed by atoms with Crippen LogP contribution in [0.25, 0.3) is 11.4 Å². The van der Waals surface area contributed by atoms with Gasteiger partial charge in [-0.3, -0.25) is 9.78 Å². The van der Waals surface area contributed by atoms with Gasteiger partial charge in [-0.25, -0.2) is 9.97 Å². The van der Waals surface area contributed by atoms with Gasteiger partial charge in [0, 0.05) is 42.2 Å². The Labute approximate surface area is 128 Å². The molecule has 6 nitrogen and oxygen atoms in total. The molecule has 0 bridgehead atoms. The van der Waals surface area contributed by atoms with E-state index in [1.165, 1.54) is 5.56 Å². The molecule has 0 saturated carbocycles. The van der Waals surface area contributed by atoms with Crippen molar-refractivity contribution >= 4 is 11.7 Å². The first-order valence-electron chi connectivity index (χ1n) is 7.63. The first-order chi connectivity index (χ1) is 10.8. The van der Waals surface area contributed by atoms with Crippen molar-refractivity contribution < 1.29 is 4.79 Å². The quantitative estimate of drug-likeness (QED) is 0.893. The molecule has 2 aromatic rings. The molecule has 1 aliphatic heterocycles. The van der Waals surface area contributed by atoms with Gasteiger partial charge >= 0.3 is 0 Å². The normalized spacial score (nSPS) is 19.8. The molecule has 0 radical (unpaired) electrons. The molecule has 1 fully saturated rings. The topological polar surface area (TPSA) is 79.8 Å². The Kier molecular flexibility index (Phi) is 3.21. The van der Waals surface area contributed by atoms with Crippen LogP contribution in [0.1, 0.15) is 24.1 Å². The number of nitrogens with zero attached hydrogens (tertiary/aromatic N) is 3. The van der Waals surface area contributed by atoms with Crippen LogP contribution in [-0.2, 0) is 17.6 Å². The van der Waals surface area contributed by atoms with Crippen LogP contribution in [0.2, 0.25) is 0 Å². The molecular weight excluding hydrogens is 278 g/mol. The summed E-state index contributed by atoms with van der Waals surface area (Å²) < 4.78 is 0. The fraction of sp³-hybridized carbons (Fsp3) is 0.375. The van der Waals surface area contributed by atoms with Gasteiger partial charge < -0.3 is 10.6 Å². The third kappa shape index (κ3) is 2.41. The third-order valence-corrected chi connectivity index (χ3v) is 4.17. The highest BCUT2D eigenvalue weighted by Crippen LogP contribution is 2.29. The third-order valence-electron chi connectivity index (χ3n) is 4.17. The average molecular weight is 295 g/mol. The molecule has 0 spiro atoms. The molecule has 2 N–H and O–H groups in total. The fourth-order valence-electron chi connectivity index (χ4n) is 3.08. The number of pyridine rings is 1. The van der Waals surface area contributed by atoms with Crippen LogP contribution in [0.5, 0.6) is 0 Å². The van der Waals surface area contributed by atoms with Gasteiger partial charge in [-0.05, 0) is 31.4 Å². The lowest BCUT2D eigenvalue weighted by Gasteiger charge is -2.15. The highest BCUT2D eigenvalue weighted by atomic mass is 16.1. The summed E-state index contributed by atoms with van der Waals surface area (Å²) in [6.07, 6.45) is 7.12. The van der Waals surface area contributed by atoms with E-state index in [0.717, 1.165) is 36.3 Å². The first-order valence-corrected chi connectivity index (χ1v) is 7.63. The number of anilines is 1. The van der Waals surface area contributed by atoms with E-state index in [1.54, 1.807) is 12.4 Å². The summed E-state index contributed by atoms with van der Waals surface area (Å²) in [6, 6.07) is 3.96. The van der Waals surface area contributed by atoms with Crippen LogP contribution in [0.15, 0.2) is 24.5 Å². The maximum atomic E-state index is 11.4. The smallest absolute Gasteiger partial charge is 0.222 e. The molecule has 1 saturated heterocycles. The summed E-state index contributed by atoms with van der Waals surface area (Å²) >= 11 is 0. The number of fused-ring (bicyclic) bond motifs is 1. The second-order valence-corrected chi connectivity index (χ2v) is 5.77. The van der Waals surface area contributed by atoms with Gasteiger partial charge in [0.15, 0.2) is 5.82 Å². The zero-order valence-corrected chi connectivity index (χ0v) is 12.2. The van der Waals surface area contributed by atoms with Crippen molar-refractivity contribution in [2.75, 3.05) is 11.9 Å². The van der Waals surface area contributed by atoms with Crippen molar-refractivity contribution in [2.45, 2.75) is 31.7 Å². The van der Waals surface area contributed by atoms with E-state index in [2.05, 4.69) is 15.6 Å². The largest absolute Gasteiger partial charge is 0.365 e. The van der Waals surface area contributed by atoms with E-state index in [9.17, 15) is 4.79 Å². The van der Waals surface area contributed by atoms with Gasteiger partial charge in [0.2, 0.25) is 5.91 Å². The number of nitrogens with one attached hydrogen (secondary N) is 2. The predicted molar refractivity (Wildman–Crippen MR) is 82.3 cm³/mol. The van der Waals surface area contributed by atoms with Gasteiger partial charge in [-0.1, -0.05) is 0 Å². The molecule has 1 amide bonds. The maximum Gasteiger partial charge on any atom is 0.222 e. The number of carbonyl (C=O) groups is 1. The molecule has 2 aliphatic rings. The Morgan fingerprint density at radius 1 is 1.27 bits per heavy atom. The van der Waals surface area contributed by atoms with Crippen molar-refractivity contribution in [1.82, 2.24) is 20.3 Å². The molecule has 22 heavy (non-hydrogen) atoms. The number of hydrogen-bond donors (Lipinski definition) is 2. The minimum Gasteiger partial charge on any atom is -0.365 e. The summed E-state index contributed by atoms with van der Waals surface area (Å²) in [5.74, 6) is 1.67. The van der Waals surface area contributed by atoms with E-state index < -0.39 is 0 Å².